The lowest BCUT2D eigenvalue weighted by Crippen LogP contribution is -2.24. The molecule has 1 N–H and O–H groups in total. The second-order valence-electron chi connectivity index (χ2n) is 4.60. The number of rotatable bonds is 1. The zero-order chi connectivity index (χ0) is 16.0. The SMILES string of the molecule is C[C@@H]1NC(=O)O[C@H]1c1cc(C(F)(F)F)cc(C(F)(F)F)c1. The van der Waals surface area contributed by atoms with Gasteiger partial charge in [-0.2, -0.15) is 26.3 Å². The Morgan fingerprint density at radius 2 is 1.48 bits per heavy atom. The Morgan fingerprint density at radius 1 is 1.00 bits per heavy atom. The summed E-state index contributed by atoms with van der Waals surface area (Å²) in [6, 6.07) is 0.396. The zero-order valence-electron chi connectivity index (χ0n) is 10.5. The Morgan fingerprint density at radius 3 is 1.81 bits per heavy atom. The molecule has 0 spiro atoms. The molecule has 1 aliphatic rings. The molecule has 1 saturated heterocycles. The van der Waals surface area contributed by atoms with Crippen LogP contribution in [0.2, 0.25) is 0 Å². The fourth-order valence-corrected chi connectivity index (χ4v) is 2.01. The fraction of sp³-hybridized carbons (Fsp3) is 0.417. The van der Waals surface area contributed by atoms with Crippen molar-refractivity contribution in [2.75, 3.05) is 0 Å². The van der Waals surface area contributed by atoms with E-state index in [1.54, 1.807) is 0 Å². The van der Waals surface area contributed by atoms with E-state index in [2.05, 4.69) is 5.32 Å². The smallest absolute Gasteiger partial charge is 0.416 e. The molecule has 0 bridgehead atoms. The first-order valence-electron chi connectivity index (χ1n) is 5.75. The Labute approximate surface area is 114 Å². The molecule has 1 heterocycles. The number of cyclic esters (lactones) is 1. The van der Waals surface area contributed by atoms with Gasteiger partial charge in [-0.05, 0) is 30.7 Å². The van der Waals surface area contributed by atoms with Crippen LogP contribution in [0, 0.1) is 0 Å². The molecule has 1 fully saturated rings. The third kappa shape index (κ3) is 3.22. The first-order valence-corrected chi connectivity index (χ1v) is 5.75. The second-order valence-corrected chi connectivity index (χ2v) is 4.60. The van der Waals surface area contributed by atoms with E-state index in [0.717, 1.165) is 0 Å². The number of hydrogen-bond acceptors (Lipinski definition) is 2. The number of carbonyl (C=O) groups is 1. The molecule has 0 unspecified atom stereocenters. The van der Waals surface area contributed by atoms with Gasteiger partial charge < -0.3 is 10.1 Å². The highest BCUT2D eigenvalue weighted by atomic mass is 19.4. The first kappa shape index (κ1) is 15.5. The van der Waals surface area contributed by atoms with Crippen molar-refractivity contribution in [3.63, 3.8) is 0 Å². The van der Waals surface area contributed by atoms with Gasteiger partial charge >= 0.3 is 18.4 Å². The van der Waals surface area contributed by atoms with Crippen LogP contribution in [0.3, 0.4) is 0 Å². The summed E-state index contributed by atoms with van der Waals surface area (Å²) in [6.07, 6.45) is -12.0. The summed E-state index contributed by atoms with van der Waals surface area (Å²) in [5.41, 5.74) is -3.24. The van der Waals surface area contributed by atoms with E-state index in [1.165, 1.54) is 6.92 Å². The van der Waals surface area contributed by atoms with E-state index < -0.39 is 41.7 Å². The van der Waals surface area contributed by atoms with Crippen molar-refractivity contribution in [1.29, 1.82) is 0 Å². The average molecular weight is 313 g/mol. The highest BCUT2D eigenvalue weighted by Crippen LogP contribution is 2.39. The normalized spacial score (nSPS) is 22.9. The minimum Gasteiger partial charge on any atom is -0.439 e. The van der Waals surface area contributed by atoms with Gasteiger partial charge in [0.25, 0.3) is 0 Å². The Balaban J connectivity index is 2.53. The van der Waals surface area contributed by atoms with Crippen LogP contribution < -0.4 is 5.32 Å². The molecular formula is C12H9F6NO2. The van der Waals surface area contributed by atoms with Gasteiger partial charge in [-0.25, -0.2) is 4.79 Å². The van der Waals surface area contributed by atoms with E-state index in [-0.39, 0.29) is 11.6 Å². The summed E-state index contributed by atoms with van der Waals surface area (Å²) in [4.78, 5) is 11.0. The van der Waals surface area contributed by atoms with Gasteiger partial charge in [0, 0.05) is 0 Å². The van der Waals surface area contributed by atoms with Crippen molar-refractivity contribution < 1.29 is 35.9 Å². The van der Waals surface area contributed by atoms with Crippen LogP contribution in [0.25, 0.3) is 0 Å². The maximum Gasteiger partial charge on any atom is 0.416 e. The summed E-state index contributed by atoms with van der Waals surface area (Å²) in [5, 5.41) is 2.26. The van der Waals surface area contributed by atoms with Crippen molar-refractivity contribution in [2.45, 2.75) is 31.4 Å². The molecule has 21 heavy (non-hydrogen) atoms. The number of ether oxygens (including phenoxy) is 1. The van der Waals surface area contributed by atoms with E-state index in [1.807, 2.05) is 0 Å². The summed E-state index contributed by atoms with van der Waals surface area (Å²) < 4.78 is 80.9. The number of alkyl halides is 6. The summed E-state index contributed by atoms with van der Waals surface area (Å²) in [5.74, 6) is 0. The van der Waals surface area contributed by atoms with Crippen molar-refractivity contribution in [1.82, 2.24) is 5.32 Å². The summed E-state index contributed by atoms with van der Waals surface area (Å²) in [7, 11) is 0. The van der Waals surface area contributed by atoms with E-state index in [9.17, 15) is 31.1 Å². The van der Waals surface area contributed by atoms with Crippen molar-refractivity contribution in [3.05, 3.63) is 34.9 Å². The number of hydrogen-bond donors (Lipinski definition) is 1. The number of carbonyl (C=O) groups excluding carboxylic acids is 1. The van der Waals surface area contributed by atoms with Crippen LogP contribution in [0.1, 0.15) is 29.7 Å². The lowest BCUT2D eigenvalue weighted by Gasteiger charge is -2.18. The van der Waals surface area contributed by atoms with Gasteiger partial charge in [-0.3, -0.25) is 0 Å². The quantitative estimate of drug-likeness (QED) is 0.799. The third-order valence-corrected chi connectivity index (χ3v) is 2.97. The second kappa shape index (κ2) is 4.81. The van der Waals surface area contributed by atoms with Gasteiger partial charge in [0.2, 0.25) is 0 Å². The van der Waals surface area contributed by atoms with Gasteiger partial charge in [-0.1, -0.05) is 0 Å². The minimum absolute atomic E-state index is 0.0262. The predicted octanol–water partition coefficient (Wildman–Crippen LogP) is 3.89. The van der Waals surface area contributed by atoms with E-state index >= 15 is 0 Å². The number of alkyl carbamates (subject to hydrolysis) is 1. The van der Waals surface area contributed by atoms with Crippen LogP contribution in [-0.4, -0.2) is 12.1 Å². The average Bonchev–Trinajstić information content (AvgIpc) is 2.65. The Bertz CT molecular complexity index is 534. The fourth-order valence-electron chi connectivity index (χ4n) is 2.01. The number of halogens is 6. The van der Waals surface area contributed by atoms with Crippen LogP contribution in [0.15, 0.2) is 18.2 Å². The lowest BCUT2D eigenvalue weighted by atomic mass is 9.98. The monoisotopic (exact) mass is 313 g/mol. The molecule has 9 heteroatoms. The van der Waals surface area contributed by atoms with Gasteiger partial charge in [0.05, 0.1) is 17.2 Å². The van der Waals surface area contributed by atoms with Crippen molar-refractivity contribution in [2.24, 2.45) is 0 Å². The lowest BCUT2D eigenvalue weighted by molar-refractivity contribution is -0.143. The molecule has 1 aliphatic heterocycles. The highest BCUT2D eigenvalue weighted by molar-refractivity contribution is 5.70. The molecule has 2 atom stereocenters. The highest BCUT2D eigenvalue weighted by Gasteiger charge is 2.40. The zero-order valence-corrected chi connectivity index (χ0v) is 10.5. The number of amides is 1. The molecule has 1 aromatic carbocycles. The molecule has 0 saturated carbocycles. The largest absolute Gasteiger partial charge is 0.439 e. The molecule has 0 aromatic heterocycles. The minimum atomic E-state index is -4.94. The van der Waals surface area contributed by atoms with Gasteiger partial charge in [-0.15, -0.1) is 0 Å². The van der Waals surface area contributed by atoms with Crippen LogP contribution >= 0.6 is 0 Å². The molecule has 2 rings (SSSR count). The van der Waals surface area contributed by atoms with Gasteiger partial charge in [0.15, 0.2) is 0 Å². The number of nitrogens with one attached hydrogen (secondary N) is 1. The van der Waals surface area contributed by atoms with Crippen molar-refractivity contribution in [3.8, 4) is 0 Å². The van der Waals surface area contributed by atoms with E-state index in [4.69, 9.17) is 4.74 Å². The maximum absolute atomic E-state index is 12.7. The molecule has 1 amide bonds. The molecule has 116 valence electrons. The first-order chi connectivity index (χ1) is 9.48. The summed E-state index contributed by atoms with van der Waals surface area (Å²) in [6.45, 7) is 1.42. The van der Waals surface area contributed by atoms with Gasteiger partial charge in [0.1, 0.15) is 6.10 Å². The molecule has 1 aromatic rings. The Kier molecular flexibility index (Phi) is 3.54. The molecule has 3 nitrogen and oxygen atoms in total. The molecular weight excluding hydrogens is 304 g/mol. The van der Waals surface area contributed by atoms with Crippen molar-refractivity contribution >= 4 is 6.09 Å². The molecule has 0 aliphatic carbocycles. The molecule has 0 radical (unpaired) electrons. The van der Waals surface area contributed by atoms with Crippen LogP contribution in [0.5, 0.6) is 0 Å². The Hall–Kier alpha value is -1.93. The third-order valence-electron chi connectivity index (χ3n) is 2.97. The van der Waals surface area contributed by atoms with Crippen LogP contribution in [-0.2, 0) is 17.1 Å². The predicted molar refractivity (Wildman–Crippen MR) is 58.3 cm³/mol. The maximum atomic E-state index is 12.7. The van der Waals surface area contributed by atoms with E-state index in [0.29, 0.717) is 12.1 Å². The number of benzene rings is 1. The standard InChI is InChI=1S/C12H9F6NO2/c1-5-9(21-10(20)19-5)6-2-7(11(13,14)15)4-8(3-6)12(16,17)18/h2-5,9H,1H3,(H,19,20)/t5-,9+/m0/s1. The topological polar surface area (TPSA) is 38.3 Å². The van der Waals surface area contributed by atoms with Crippen LogP contribution in [0.4, 0.5) is 31.1 Å². The summed E-state index contributed by atoms with van der Waals surface area (Å²) >= 11 is 0.